The van der Waals surface area contributed by atoms with Gasteiger partial charge in [-0.2, -0.15) is 4.98 Å². The molecule has 1 N–H and O–H groups in total. The zero-order chi connectivity index (χ0) is 17.6. The first-order valence-corrected chi connectivity index (χ1v) is 8.69. The van der Waals surface area contributed by atoms with Crippen LogP contribution in [0.15, 0.2) is 60.8 Å². The summed E-state index contributed by atoms with van der Waals surface area (Å²) < 4.78 is 0. The number of para-hydroxylation sites is 1. The molecule has 0 spiro atoms. The highest BCUT2D eigenvalue weighted by molar-refractivity contribution is 6.35. The maximum Gasteiger partial charge on any atom is 0.224 e. The van der Waals surface area contributed by atoms with Gasteiger partial charge in [0, 0.05) is 35.5 Å². The van der Waals surface area contributed by atoms with Crippen molar-refractivity contribution in [3.8, 4) is 0 Å². The molecule has 0 amide bonds. The van der Waals surface area contributed by atoms with Gasteiger partial charge in [-0.25, -0.2) is 4.98 Å². The fourth-order valence-electron chi connectivity index (χ4n) is 2.44. The van der Waals surface area contributed by atoms with Crippen LogP contribution in [-0.4, -0.2) is 23.6 Å². The zero-order valence-electron chi connectivity index (χ0n) is 13.8. The molecule has 0 bridgehead atoms. The van der Waals surface area contributed by atoms with Crippen LogP contribution in [-0.2, 0) is 6.42 Å². The van der Waals surface area contributed by atoms with Crippen molar-refractivity contribution in [1.82, 2.24) is 9.97 Å². The van der Waals surface area contributed by atoms with Crippen LogP contribution in [0.2, 0.25) is 10.0 Å². The third-order valence-corrected chi connectivity index (χ3v) is 4.41. The molecule has 0 atom stereocenters. The first kappa shape index (κ1) is 17.5. The van der Waals surface area contributed by atoms with Gasteiger partial charge in [-0.05, 0) is 42.3 Å². The Balaban J connectivity index is 1.64. The quantitative estimate of drug-likeness (QED) is 0.644. The van der Waals surface area contributed by atoms with E-state index < -0.39 is 0 Å². The summed E-state index contributed by atoms with van der Waals surface area (Å²) in [6.45, 7) is 0.680. The lowest BCUT2D eigenvalue weighted by Crippen LogP contribution is -2.14. The Hall–Kier alpha value is -2.30. The van der Waals surface area contributed by atoms with Gasteiger partial charge in [0.15, 0.2) is 0 Å². The Bertz CT molecular complexity index is 840. The largest absolute Gasteiger partial charge is 0.354 e. The normalized spacial score (nSPS) is 10.5. The van der Waals surface area contributed by atoms with E-state index in [1.54, 1.807) is 12.3 Å². The molecule has 3 rings (SSSR count). The fourth-order valence-corrected chi connectivity index (χ4v) is 2.94. The van der Waals surface area contributed by atoms with Crippen LogP contribution in [0.25, 0.3) is 0 Å². The van der Waals surface area contributed by atoms with E-state index in [4.69, 9.17) is 23.2 Å². The van der Waals surface area contributed by atoms with E-state index >= 15 is 0 Å². The predicted molar refractivity (Wildman–Crippen MR) is 105 cm³/mol. The molecule has 2 aromatic carbocycles. The Kier molecular flexibility index (Phi) is 5.74. The van der Waals surface area contributed by atoms with E-state index in [9.17, 15) is 0 Å². The predicted octanol–water partition coefficient (Wildman–Crippen LogP) is 5.21. The van der Waals surface area contributed by atoms with Crippen molar-refractivity contribution in [3.63, 3.8) is 0 Å². The number of hydrogen-bond donors (Lipinski definition) is 1. The van der Waals surface area contributed by atoms with E-state index in [1.165, 1.54) is 0 Å². The highest BCUT2D eigenvalue weighted by Crippen LogP contribution is 2.22. The summed E-state index contributed by atoms with van der Waals surface area (Å²) in [5.41, 5.74) is 2.11. The van der Waals surface area contributed by atoms with E-state index in [-0.39, 0.29) is 0 Å². The first-order valence-electron chi connectivity index (χ1n) is 7.93. The summed E-state index contributed by atoms with van der Waals surface area (Å²) in [5, 5.41) is 4.56. The molecular formula is C19H18Cl2N4. The minimum atomic E-state index is 0.588. The Morgan fingerprint density at radius 1 is 1.04 bits per heavy atom. The van der Waals surface area contributed by atoms with Gasteiger partial charge >= 0.3 is 0 Å². The topological polar surface area (TPSA) is 41.1 Å². The summed E-state index contributed by atoms with van der Waals surface area (Å²) in [4.78, 5) is 10.9. The Morgan fingerprint density at radius 3 is 2.60 bits per heavy atom. The number of rotatable bonds is 6. The number of anilines is 3. The average molecular weight is 373 g/mol. The van der Waals surface area contributed by atoms with Crippen molar-refractivity contribution in [1.29, 1.82) is 0 Å². The van der Waals surface area contributed by atoms with Gasteiger partial charge in [-0.15, -0.1) is 0 Å². The minimum absolute atomic E-state index is 0.588. The number of aromatic nitrogens is 2. The SMILES string of the molecule is CN(c1ccccc1)c1ccnc(NCCc2ccc(Cl)cc2Cl)n1. The average Bonchev–Trinajstić information content (AvgIpc) is 2.64. The molecule has 0 aliphatic rings. The number of benzene rings is 2. The standard InChI is InChI=1S/C19H18Cl2N4/c1-25(16-5-3-2-4-6-16)18-10-12-23-19(24-18)22-11-9-14-7-8-15(20)13-17(14)21/h2-8,10,12-13H,9,11H2,1H3,(H,22,23,24). The summed E-state index contributed by atoms with van der Waals surface area (Å²) in [6, 6.07) is 17.5. The highest BCUT2D eigenvalue weighted by Gasteiger charge is 2.07. The molecule has 3 aromatic rings. The molecule has 1 heterocycles. The molecule has 0 radical (unpaired) electrons. The second-order valence-corrected chi connectivity index (χ2v) is 6.39. The second kappa shape index (κ2) is 8.19. The number of hydrogen-bond acceptors (Lipinski definition) is 4. The van der Waals surface area contributed by atoms with E-state index in [1.807, 2.05) is 60.5 Å². The molecule has 1 aromatic heterocycles. The van der Waals surface area contributed by atoms with Crippen molar-refractivity contribution in [2.24, 2.45) is 0 Å². The van der Waals surface area contributed by atoms with Crippen molar-refractivity contribution in [2.75, 3.05) is 23.8 Å². The maximum atomic E-state index is 6.20. The van der Waals surface area contributed by atoms with Gasteiger partial charge < -0.3 is 10.2 Å². The van der Waals surface area contributed by atoms with Crippen molar-refractivity contribution in [2.45, 2.75) is 6.42 Å². The summed E-state index contributed by atoms with van der Waals surface area (Å²) >= 11 is 12.1. The molecule has 0 unspecified atom stereocenters. The molecule has 0 aliphatic carbocycles. The molecule has 25 heavy (non-hydrogen) atoms. The van der Waals surface area contributed by atoms with Crippen molar-refractivity contribution in [3.05, 3.63) is 76.4 Å². The van der Waals surface area contributed by atoms with Gasteiger partial charge in [0.05, 0.1) is 0 Å². The van der Waals surface area contributed by atoms with Crippen LogP contribution in [0.5, 0.6) is 0 Å². The van der Waals surface area contributed by atoms with Crippen LogP contribution in [0, 0.1) is 0 Å². The fraction of sp³-hybridized carbons (Fsp3) is 0.158. The summed E-state index contributed by atoms with van der Waals surface area (Å²) in [7, 11) is 1.98. The highest BCUT2D eigenvalue weighted by atomic mass is 35.5. The third-order valence-electron chi connectivity index (χ3n) is 3.82. The van der Waals surface area contributed by atoms with Crippen LogP contribution in [0.3, 0.4) is 0 Å². The number of halogens is 2. The number of nitrogens with one attached hydrogen (secondary N) is 1. The van der Waals surface area contributed by atoms with E-state index in [2.05, 4.69) is 15.3 Å². The lowest BCUT2D eigenvalue weighted by atomic mass is 10.1. The van der Waals surface area contributed by atoms with E-state index in [0.29, 0.717) is 22.5 Å². The van der Waals surface area contributed by atoms with Crippen molar-refractivity contribution >= 4 is 40.7 Å². The monoisotopic (exact) mass is 372 g/mol. The minimum Gasteiger partial charge on any atom is -0.354 e. The molecule has 4 nitrogen and oxygen atoms in total. The summed E-state index contributed by atoms with van der Waals surface area (Å²) in [5.74, 6) is 1.42. The Morgan fingerprint density at radius 2 is 1.84 bits per heavy atom. The third kappa shape index (κ3) is 4.62. The van der Waals surface area contributed by atoms with Crippen LogP contribution >= 0.6 is 23.2 Å². The van der Waals surface area contributed by atoms with Crippen molar-refractivity contribution < 1.29 is 0 Å². The van der Waals surface area contributed by atoms with Crippen LogP contribution in [0.4, 0.5) is 17.5 Å². The van der Waals surface area contributed by atoms with Gasteiger partial charge in [-0.1, -0.05) is 47.5 Å². The molecule has 0 aliphatic heterocycles. The molecule has 0 fully saturated rings. The van der Waals surface area contributed by atoms with Crippen LogP contribution < -0.4 is 10.2 Å². The van der Waals surface area contributed by atoms with Gasteiger partial charge in [0.1, 0.15) is 5.82 Å². The zero-order valence-corrected chi connectivity index (χ0v) is 15.3. The molecule has 0 saturated carbocycles. The lowest BCUT2D eigenvalue weighted by Gasteiger charge is -2.18. The summed E-state index contributed by atoms with van der Waals surface area (Å²) in [6.07, 6.45) is 2.51. The molecule has 128 valence electrons. The van der Waals surface area contributed by atoms with Gasteiger partial charge in [0.25, 0.3) is 0 Å². The number of nitrogens with zero attached hydrogens (tertiary/aromatic N) is 3. The first-order chi connectivity index (χ1) is 12.1. The molecule has 0 saturated heterocycles. The van der Waals surface area contributed by atoms with Crippen LogP contribution in [0.1, 0.15) is 5.56 Å². The smallest absolute Gasteiger partial charge is 0.224 e. The van der Waals surface area contributed by atoms with E-state index in [0.717, 1.165) is 23.5 Å². The molecular weight excluding hydrogens is 355 g/mol. The lowest BCUT2D eigenvalue weighted by molar-refractivity contribution is 0.977. The Labute approximate surface area is 157 Å². The maximum absolute atomic E-state index is 6.20. The van der Waals surface area contributed by atoms with Gasteiger partial charge in [-0.3, -0.25) is 0 Å². The second-order valence-electron chi connectivity index (χ2n) is 5.55. The molecule has 6 heteroatoms. The van der Waals surface area contributed by atoms with Gasteiger partial charge in [0.2, 0.25) is 5.95 Å².